The Labute approximate surface area is 111 Å². The van der Waals surface area contributed by atoms with Crippen LogP contribution in [-0.4, -0.2) is 21.4 Å². The van der Waals surface area contributed by atoms with E-state index in [1.807, 2.05) is 0 Å². The second-order valence-corrected chi connectivity index (χ2v) is 7.84. The first-order valence-electron chi connectivity index (χ1n) is 7.75. The van der Waals surface area contributed by atoms with Crippen molar-refractivity contribution in [3.8, 4) is 0 Å². The van der Waals surface area contributed by atoms with E-state index in [-0.39, 0.29) is 17.8 Å². The molecule has 2 nitrogen and oxygen atoms in total. The molecular weight excluding hydrogens is 224 g/mol. The minimum atomic E-state index is -0.632. The van der Waals surface area contributed by atoms with E-state index in [2.05, 4.69) is 27.7 Å². The van der Waals surface area contributed by atoms with Crippen LogP contribution in [0.25, 0.3) is 0 Å². The van der Waals surface area contributed by atoms with Gasteiger partial charge in [-0.05, 0) is 55.3 Å². The molecule has 0 aliphatic heterocycles. The van der Waals surface area contributed by atoms with Crippen molar-refractivity contribution in [2.75, 3.05) is 0 Å². The average Bonchev–Trinajstić information content (AvgIpc) is 2.30. The summed E-state index contributed by atoms with van der Waals surface area (Å²) in [5.74, 6) is 2.21. The van der Waals surface area contributed by atoms with Crippen LogP contribution in [0.2, 0.25) is 0 Å². The van der Waals surface area contributed by atoms with Gasteiger partial charge in [0.05, 0.1) is 11.2 Å². The van der Waals surface area contributed by atoms with Crippen LogP contribution in [0.1, 0.15) is 53.4 Å². The summed E-state index contributed by atoms with van der Waals surface area (Å²) in [6, 6.07) is 0. The third kappa shape index (κ3) is 1.31. The Morgan fingerprint density at radius 1 is 0.778 bits per heavy atom. The maximum atomic E-state index is 11.3. The molecule has 0 radical (unpaired) electrons. The van der Waals surface area contributed by atoms with Crippen LogP contribution in [0.5, 0.6) is 0 Å². The highest BCUT2D eigenvalue weighted by Crippen LogP contribution is 2.65. The quantitative estimate of drug-likeness (QED) is 0.793. The largest absolute Gasteiger partial charge is 0.389 e. The Morgan fingerprint density at radius 3 is 1.61 bits per heavy atom. The number of hydrogen-bond acceptors (Lipinski definition) is 2. The zero-order chi connectivity index (χ0) is 13.3. The molecule has 0 amide bonds. The maximum absolute atomic E-state index is 11.3. The zero-order valence-corrected chi connectivity index (χ0v) is 12.2. The molecule has 0 aromatic rings. The Morgan fingerprint density at radius 2 is 1.22 bits per heavy atom. The topological polar surface area (TPSA) is 40.5 Å². The van der Waals surface area contributed by atoms with Crippen molar-refractivity contribution in [1.29, 1.82) is 0 Å². The van der Waals surface area contributed by atoms with Crippen LogP contribution in [0.15, 0.2) is 0 Å². The van der Waals surface area contributed by atoms with E-state index in [0.29, 0.717) is 11.8 Å². The van der Waals surface area contributed by atoms with Crippen LogP contribution in [-0.2, 0) is 0 Å². The number of hydrogen-bond donors (Lipinski definition) is 2. The summed E-state index contributed by atoms with van der Waals surface area (Å²) >= 11 is 0. The fraction of sp³-hybridized carbons (Fsp3) is 1.00. The molecule has 0 saturated heterocycles. The Balaban J connectivity index is 2.06. The minimum Gasteiger partial charge on any atom is -0.389 e. The van der Waals surface area contributed by atoms with Gasteiger partial charge in [-0.15, -0.1) is 0 Å². The van der Waals surface area contributed by atoms with Crippen LogP contribution in [0.4, 0.5) is 0 Å². The Bertz CT molecular complexity index is 321. The highest BCUT2D eigenvalue weighted by atomic mass is 16.3. The molecule has 4 bridgehead atoms. The summed E-state index contributed by atoms with van der Waals surface area (Å²) in [6.45, 7) is 8.51. The first-order valence-corrected chi connectivity index (χ1v) is 7.75. The van der Waals surface area contributed by atoms with Gasteiger partial charge in [-0.3, -0.25) is 0 Å². The molecule has 0 aromatic carbocycles. The van der Waals surface area contributed by atoms with Crippen molar-refractivity contribution >= 4 is 0 Å². The summed E-state index contributed by atoms with van der Waals surface area (Å²) in [5.41, 5.74) is -1.26. The van der Waals surface area contributed by atoms with Crippen molar-refractivity contribution < 1.29 is 10.2 Å². The lowest BCUT2D eigenvalue weighted by Gasteiger charge is -2.68. The monoisotopic (exact) mass is 252 g/mol. The highest BCUT2D eigenvalue weighted by molar-refractivity contribution is 5.18. The number of aliphatic hydroxyl groups is 2. The predicted molar refractivity (Wildman–Crippen MR) is 72.0 cm³/mol. The normalized spacial score (nSPS) is 54.7. The lowest BCUT2D eigenvalue weighted by molar-refractivity contribution is -0.293. The molecule has 4 unspecified atom stereocenters. The van der Waals surface area contributed by atoms with Gasteiger partial charge in [0.25, 0.3) is 0 Å². The molecule has 0 heterocycles. The van der Waals surface area contributed by atoms with Gasteiger partial charge < -0.3 is 10.2 Å². The molecule has 2 N–H and O–H groups in total. The van der Waals surface area contributed by atoms with Crippen molar-refractivity contribution in [3.63, 3.8) is 0 Å². The summed E-state index contributed by atoms with van der Waals surface area (Å²) < 4.78 is 0. The lowest BCUT2D eigenvalue weighted by atomic mass is 9.41. The highest BCUT2D eigenvalue weighted by Gasteiger charge is 2.68. The molecule has 4 fully saturated rings. The van der Waals surface area contributed by atoms with Crippen LogP contribution >= 0.6 is 0 Å². The van der Waals surface area contributed by atoms with Crippen LogP contribution < -0.4 is 0 Å². The predicted octanol–water partition coefficient (Wildman–Crippen LogP) is 2.83. The van der Waals surface area contributed by atoms with Crippen LogP contribution in [0.3, 0.4) is 0 Å². The van der Waals surface area contributed by atoms with Gasteiger partial charge in [-0.25, -0.2) is 0 Å². The fourth-order valence-electron chi connectivity index (χ4n) is 5.78. The van der Waals surface area contributed by atoms with Crippen molar-refractivity contribution in [2.24, 2.45) is 35.5 Å². The van der Waals surface area contributed by atoms with E-state index in [1.54, 1.807) is 0 Å². The molecule has 18 heavy (non-hydrogen) atoms. The van der Waals surface area contributed by atoms with Crippen LogP contribution in [0, 0.1) is 35.5 Å². The van der Waals surface area contributed by atoms with Gasteiger partial charge in [-0.2, -0.15) is 0 Å². The average molecular weight is 252 g/mol. The molecule has 0 spiro atoms. The first kappa shape index (κ1) is 12.9. The lowest BCUT2D eigenvalue weighted by Crippen LogP contribution is -2.72. The molecular formula is C16H28O2. The molecule has 0 aromatic heterocycles. The molecule has 4 atom stereocenters. The van der Waals surface area contributed by atoms with Gasteiger partial charge in [0.15, 0.2) is 0 Å². The molecule has 4 aliphatic carbocycles. The molecule has 4 aliphatic rings. The third-order valence-corrected chi connectivity index (χ3v) is 6.65. The van der Waals surface area contributed by atoms with E-state index in [0.717, 1.165) is 18.8 Å². The van der Waals surface area contributed by atoms with E-state index in [1.165, 1.54) is 12.8 Å². The van der Waals surface area contributed by atoms with E-state index in [4.69, 9.17) is 0 Å². The van der Waals surface area contributed by atoms with Crippen molar-refractivity contribution in [2.45, 2.75) is 64.6 Å². The Hall–Kier alpha value is -0.0800. The van der Waals surface area contributed by atoms with E-state index in [9.17, 15) is 10.2 Å². The summed E-state index contributed by atoms with van der Waals surface area (Å²) in [4.78, 5) is 0. The summed E-state index contributed by atoms with van der Waals surface area (Å²) in [7, 11) is 0. The van der Waals surface area contributed by atoms with Gasteiger partial charge in [0.2, 0.25) is 0 Å². The number of rotatable bonds is 2. The van der Waals surface area contributed by atoms with Gasteiger partial charge in [0, 0.05) is 5.92 Å². The van der Waals surface area contributed by atoms with Gasteiger partial charge in [-0.1, -0.05) is 27.7 Å². The van der Waals surface area contributed by atoms with Gasteiger partial charge >= 0.3 is 0 Å². The van der Waals surface area contributed by atoms with Gasteiger partial charge in [0.1, 0.15) is 0 Å². The van der Waals surface area contributed by atoms with E-state index < -0.39 is 11.2 Å². The SMILES string of the molecule is CC(C)C1(O)C2CC3CC(C2)C(O)(C(C)C)C1C3. The maximum Gasteiger partial charge on any atom is 0.0754 e. The summed E-state index contributed by atoms with van der Waals surface area (Å²) in [5, 5.41) is 22.6. The molecule has 4 saturated carbocycles. The van der Waals surface area contributed by atoms with E-state index >= 15 is 0 Å². The summed E-state index contributed by atoms with van der Waals surface area (Å²) in [6.07, 6.45) is 4.46. The first-order chi connectivity index (χ1) is 8.31. The molecule has 4 rings (SSSR count). The smallest absolute Gasteiger partial charge is 0.0754 e. The third-order valence-electron chi connectivity index (χ3n) is 6.65. The van der Waals surface area contributed by atoms with Crippen molar-refractivity contribution in [3.05, 3.63) is 0 Å². The minimum absolute atomic E-state index is 0.0984. The fourth-order valence-corrected chi connectivity index (χ4v) is 5.78. The molecule has 2 heteroatoms. The standard InChI is InChI=1S/C16H28O2/c1-9(2)15(17)12-5-11-6-13(8-12)16(18,10(3)4)14(15)7-11/h9-14,17-18H,5-8H2,1-4H3. The second-order valence-electron chi connectivity index (χ2n) is 7.84. The second kappa shape index (κ2) is 3.73. The van der Waals surface area contributed by atoms with Crippen molar-refractivity contribution in [1.82, 2.24) is 0 Å². The zero-order valence-electron chi connectivity index (χ0n) is 12.2. The molecule has 104 valence electrons. The Kier molecular flexibility index (Phi) is 2.68.